The van der Waals surface area contributed by atoms with Gasteiger partial charge in [0.05, 0.1) is 4.92 Å². The lowest BCUT2D eigenvalue weighted by Gasteiger charge is -2.29. The minimum Gasteiger partial charge on any atom is -0.399 e. The number of rotatable bonds is 5. The number of hydrogen-bond donors (Lipinski definition) is 1. The molecule has 1 aliphatic rings. The summed E-state index contributed by atoms with van der Waals surface area (Å²) >= 11 is 0. The number of nitrogens with two attached hydrogens (primary N) is 1. The molecule has 1 fully saturated rings. The van der Waals surface area contributed by atoms with Crippen LogP contribution in [0, 0.1) is 16.0 Å². The molecule has 7 nitrogen and oxygen atoms in total. The standard InChI is InChI=1S/C12H17N3O4S/c1-14(8-9-3-2-4-9)20(18,19)12-6-5-10(13)7-11(12)15(16)17/h5-7,9H,2-4,8,13H2,1H3. The van der Waals surface area contributed by atoms with Gasteiger partial charge in [0.2, 0.25) is 10.0 Å². The first-order valence-electron chi connectivity index (χ1n) is 6.32. The first-order chi connectivity index (χ1) is 9.32. The normalized spacial score (nSPS) is 16.1. The Kier molecular flexibility index (Phi) is 3.96. The van der Waals surface area contributed by atoms with E-state index in [9.17, 15) is 18.5 Å². The molecule has 1 saturated carbocycles. The van der Waals surface area contributed by atoms with Crippen molar-refractivity contribution in [2.75, 3.05) is 19.3 Å². The van der Waals surface area contributed by atoms with Crippen LogP contribution in [-0.4, -0.2) is 31.2 Å². The van der Waals surface area contributed by atoms with E-state index in [0.717, 1.165) is 25.3 Å². The third-order valence-electron chi connectivity index (χ3n) is 3.61. The van der Waals surface area contributed by atoms with Crippen LogP contribution < -0.4 is 5.73 Å². The lowest BCUT2D eigenvalue weighted by atomic mass is 9.86. The topological polar surface area (TPSA) is 107 Å². The Labute approximate surface area is 117 Å². The predicted molar refractivity (Wildman–Crippen MR) is 74.7 cm³/mol. The number of benzene rings is 1. The van der Waals surface area contributed by atoms with Crippen LogP contribution in [0.2, 0.25) is 0 Å². The van der Waals surface area contributed by atoms with Gasteiger partial charge in [-0.2, -0.15) is 0 Å². The Hall–Kier alpha value is -1.67. The fourth-order valence-electron chi connectivity index (χ4n) is 2.20. The molecule has 20 heavy (non-hydrogen) atoms. The third kappa shape index (κ3) is 2.75. The molecular formula is C12H17N3O4S. The van der Waals surface area contributed by atoms with Gasteiger partial charge in [0.1, 0.15) is 0 Å². The highest BCUT2D eigenvalue weighted by atomic mass is 32.2. The number of anilines is 1. The summed E-state index contributed by atoms with van der Waals surface area (Å²) in [7, 11) is -2.41. The molecule has 0 saturated heterocycles. The maximum Gasteiger partial charge on any atom is 0.291 e. The molecule has 0 unspecified atom stereocenters. The Morgan fingerprint density at radius 1 is 1.45 bits per heavy atom. The van der Waals surface area contributed by atoms with Gasteiger partial charge in [-0.15, -0.1) is 0 Å². The first kappa shape index (κ1) is 14.7. The zero-order chi connectivity index (χ0) is 14.9. The molecule has 110 valence electrons. The van der Waals surface area contributed by atoms with Crippen LogP contribution in [0.15, 0.2) is 23.1 Å². The molecule has 1 aromatic rings. The van der Waals surface area contributed by atoms with Gasteiger partial charge in [0, 0.05) is 25.3 Å². The van der Waals surface area contributed by atoms with E-state index >= 15 is 0 Å². The van der Waals surface area contributed by atoms with Gasteiger partial charge in [0.25, 0.3) is 5.69 Å². The number of nitro groups is 1. The lowest BCUT2D eigenvalue weighted by molar-refractivity contribution is -0.387. The second kappa shape index (κ2) is 5.37. The zero-order valence-corrected chi connectivity index (χ0v) is 12.0. The summed E-state index contributed by atoms with van der Waals surface area (Å²) in [4.78, 5) is 9.97. The fraction of sp³-hybridized carbons (Fsp3) is 0.500. The molecule has 2 N–H and O–H groups in total. The zero-order valence-electron chi connectivity index (χ0n) is 11.2. The van der Waals surface area contributed by atoms with E-state index in [1.807, 2.05) is 0 Å². The largest absolute Gasteiger partial charge is 0.399 e. The summed E-state index contributed by atoms with van der Waals surface area (Å²) in [6.45, 7) is 0.393. The summed E-state index contributed by atoms with van der Waals surface area (Å²) in [5.74, 6) is 0.350. The van der Waals surface area contributed by atoms with Gasteiger partial charge >= 0.3 is 0 Å². The van der Waals surface area contributed by atoms with E-state index in [2.05, 4.69) is 0 Å². The van der Waals surface area contributed by atoms with Crippen LogP contribution in [0.1, 0.15) is 19.3 Å². The molecule has 1 aliphatic carbocycles. The minimum atomic E-state index is -3.87. The van der Waals surface area contributed by atoms with Crippen molar-refractivity contribution in [3.8, 4) is 0 Å². The number of nitrogen functional groups attached to an aromatic ring is 1. The summed E-state index contributed by atoms with van der Waals surface area (Å²) in [6, 6.07) is 3.63. The van der Waals surface area contributed by atoms with Gasteiger partial charge in [0.15, 0.2) is 4.90 Å². The number of nitro benzene ring substituents is 1. The van der Waals surface area contributed by atoms with Gasteiger partial charge in [-0.1, -0.05) is 6.42 Å². The number of nitrogens with zero attached hydrogens (tertiary/aromatic N) is 2. The first-order valence-corrected chi connectivity index (χ1v) is 7.76. The van der Waals surface area contributed by atoms with Crippen molar-refractivity contribution in [2.45, 2.75) is 24.2 Å². The van der Waals surface area contributed by atoms with Gasteiger partial charge in [-0.3, -0.25) is 10.1 Å². The average Bonchev–Trinajstić information content (AvgIpc) is 2.32. The summed E-state index contributed by atoms with van der Waals surface area (Å²) in [6.07, 6.45) is 3.12. The molecule has 0 atom stereocenters. The second-order valence-corrected chi connectivity index (χ2v) is 7.08. The van der Waals surface area contributed by atoms with E-state index in [1.165, 1.54) is 23.5 Å². The molecule has 0 heterocycles. The minimum absolute atomic E-state index is 0.164. The van der Waals surface area contributed by atoms with Crippen LogP contribution in [0.25, 0.3) is 0 Å². The van der Waals surface area contributed by atoms with Crippen molar-refractivity contribution >= 4 is 21.4 Å². The molecule has 2 rings (SSSR count). The van der Waals surface area contributed by atoms with Crippen LogP contribution in [0.4, 0.5) is 11.4 Å². The Bertz CT molecular complexity index is 626. The Balaban J connectivity index is 2.35. The highest BCUT2D eigenvalue weighted by molar-refractivity contribution is 7.89. The van der Waals surface area contributed by atoms with Crippen molar-refractivity contribution < 1.29 is 13.3 Å². The average molecular weight is 299 g/mol. The lowest BCUT2D eigenvalue weighted by Crippen LogP contribution is -2.34. The Morgan fingerprint density at radius 2 is 2.10 bits per heavy atom. The van der Waals surface area contributed by atoms with Crippen LogP contribution in [0.5, 0.6) is 0 Å². The highest BCUT2D eigenvalue weighted by Crippen LogP contribution is 2.31. The Morgan fingerprint density at radius 3 is 2.60 bits per heavy atom. The molecule has 0 radical (unpaired) electrons. The van der Waals surface area contributed by atoms with Crippen molar-refractivity contribution in [2.24, 2.45) is 5.92 Å². The van der Waals surface area contributed by atoms with Crippen LogP contribution >= 0.6 is 0 Å². The van der Waals surface area contributed by atoms with E-state index in [-0.39, 0.29) is 10.6 Å². The van der Waals surface area contributed by atoms with Crippen molar-refractivity contribution in [3.63, 3.8) is 0 Å². The molecule has 1 aromatic carbocycles. The number of sulfonamides is 1. The monoisotopic (exact) mass is 299 g/mol. The van der Waals surface area contributed by atoms with Crippen LogP contribution in [0.3, 0.4) is 0 Å². The van der Waals surface area contributed by atoms with E-state index in [0.29, 0.717) is 12.5 Å². The molecule has 0 aliphatic heterocycles. The van der Waals surface area contributed by atoms with Crippen molar-refractivity contribution in [1.82, 2.24) is 4.31 Å². The summed E-state index contributed by atoms with van der Waals surface area (Å²) < 4.78 is 26.0. The van der Waals surface area contributed by atoms with Crippen molar-refractivity contribution in [3.05, 3.63) is 28.3 Å². The van der Waals surface area contributed by atoms with E-state index < -0.39 is 20.6 Å². The quantitative estimate of drug-likeness (QED) is 0.505. The molecule has 0 spiro atoms. The van der Waals surface area contributed by atoms with Gasteiger partial charge in [-0.25, -0.2) is 12.7 Å². The summed E-state index contributed by atoms with van der Waals surface area (Å²) in [5.41, 5.74) is 5.17. The maximum absolute atomic E-state index is 12.4. The van der Waals surface area contributed by atoms with E-state index in [1.54, 1.807) is 0 Å². The molecule has 8 heteroatoms. The fourth-order valence-corrected chi connectivity index (χ4v) is 3.58. The predicted octanol–water partition coefficient (Wildman–Crippen LogP) is 1.60. The van der Waals surface area contributed by atoms with Crippen LogP contribution in [-0.2, 0) is 10.0 Å². The molecule has 0 amide bonds. The van der Waals surface area contributed by atoms with E-state index in [4.69, 9.17) is 5.73 Å². The highest BCUT2D eigenvalue weighted by Gasteiger charge is 2.32. The maximum atomic E-state index is 12.4. The molecular weight excluding hydrogens is 282 g/mol. The van der Waals surface area contributed by atoms with Crippen molar-refractivity contribution in [1.29, 1.82) is 0 Å². The van der Waals surface area contributed by atoms with Gasteiger partial charge in [-0.05, 0) is 30.9 Å². The SMILES string of the molecule is CN(CC1CCC1)S(=O)(=O)c1ccc(N)cc1[N+](=O)[O-]. The molecule has 0 aromatic heterocycles. The number of hydrogen-bond acceptors (Lipinski definition) is 5. The smallest absolute Gasteiger partial charge is 0.291 e. The second-order valence-electron chi connectivity index (χ2n) is 5.07. The van der Waals surface area contributed by atoms with Gasteiger partial charge < -0.3 is 5.73 Å². The third-order valence-corrected chi connectivity index (χ3v) is 5.48. The summed E-state index contributed by atoms with van der Waals surface area (Å²) in [5, 5.41) is 11.0. The molecule has 0 bridgehead atoms.